The largest absolute Gasteiger partial charge is 0.444 e. The topological polar surface area (TPSA) is 96.1 Å². The predicted molar refractivity (Wildman–Crippen MR) is 104 cm³/mol. The summed E-state index contributed by atoms with van der Waals surface area (Å²) in [6.45, 7) is 9.20. The summed E-state index contributed by atoms with van der Waals surface area (Å²) >= 11 is 0. The number of rotatable bonds is 4. The number of aryl methyl sites for hydroxylation is 1. The zero-order valence-electron chi connectivity index (χ0n) is 16.4. The number of amides is 2. The minimum Gasteiger partial charge on any atom is -0.444 e. The summed E-state index contributed by atoms with van der Waals surface area (Å²) in [6.07, 6.45) is 1.81. The maximum atomic E-state index is 12.6. The highest BCUT2D eigenvalue weighted by Gasteiger charge is 2.28. The van der Waals surface area contributed by atoms with Gasteiger partial charge < -0.3 is 10.1 Å². The molecule has 7 nitrogen and oxygen atoms in total. The van der Waals surface area contributed by atoms with E-state index < -0.39 is 11.7 Å². The number of nitrogens with one attached hydrogen (secondary N) is 3. The van der Waals surface area contributed by atoms with Gasteiger partial charge >= 0.3 is 6.09 Å². The zero-order valence-corrected chi connectivity index (χ0v) is 16.4. The monoisotopic (exact) mass is 370 g/mol. The maximum Gasteiger partial charge on any atom is 0.412 e. The van der Waals surface area contributed by atoms with Crippen LogP contribution in [0.1, 0.15) is 66.7 Å². The Morgan fingerprint density at radius 3 is 2.48 bits per heavy atom. The summed E-state index contributed by atoms with van der Waals surface area (Å²) in [5.74, 6) is 0.873. The number of benzene rings is 1. The predicted octanol–water partition coefficient (Wildman–Crippen LogP) is 4.50. The number of anilines is 2. The van der Waals surface area contributed by atoms with Gasteiger partial charge in [0.15, 0.2) is 5.82 Å². The van der Waals surface area contributed by atoms with E-state index in [9.17, 15) is 9.59 Å². The molecule has 3 rings (SSSR count). The molecular weight excluding hydrogens is 344 g/mol. The SMILES string of the molecule is Cc1cc(C(=O)Nc2n[nH]c(C3CC3)c2C)ccc1NC(=O)OC(C)(C)C. The van der Waals surface area contributed by atoms with E-state index in [0.717, 1.165) is 16.8 Å². The molecule has 2 amide bonds. The van der Waals surface area contributed by atoms with Gasteiger partial charge in [-0.2, -0.15) is 5.10 Å². The van der Waals surface area contributed by atoms with Gasteiger partial charge in [-0.25, -0.2) is 4.79 Å². The van der Waals surface area contributed by atoms with Crippen molar-refractivity contribution < 1.29 is 14.3 Å². The van der Waals surface area contributed by atoms with Crippen molar-refractivity contribution in [3.63, 3.8) is 0 Å². The van der Waals surface area contributed by atoms with Crippen molar-refractivity contribution in [2.75, 3.05) is 10.6 Å². The van der Waals surface area contributed by atoms with E-state index in [4.69, 9.17) is 4.74 Å². The summed E-state index contributed by atoms with van der Waals surface area (Å²) in [4.78, 5) is 24.5. The van der Waals surface area contributed by atoms with Crippen LogP contribution in [0.25, 0.3) is 0 Å². The molecule has 0 spiro atoms. The molecule has 7 heteroatoms. The molecular formula is C20H26N4O3. The highest BCUT2D eigenvalue weighted by atomic mass is 16.6. The molecule has 1 aliphatic carbocycles. The molecule has 1 aromatic carbocycles. The van der Waals surface area contributed by atoms with Crippen molar-refractivity contribution in [2.45, 2.75) is 59.0 Å². The Bertz CT molecular complexity index is 876. The third-order valence-electron chi connectivity index (χ3n) is 4.39. The fourth-order valence-corrected chi connectivity index (χ4v) is 2.84. The lowest BCUT2D eigenvalue weighted by Crippen LogP contribution is -2.27. The van der Waals surface area contributed by atoms with Crippen molar-refractivity contribution >= 4 is 23.5 Å². The van der Waals surface area contributed by atoms with Crippen LogP contribution in [-0.2, 0) is 4.74 Å². The van der Waals surface area contributed by atoms with E-state index in [-0.39, 0.29) is 5.91 Å². The average Bonchev–Trinajstić information content (AvgIpc) is 3.33. The number of carbonyl (C=O) groups excluding carboxylic acids is 2. The molecule has 1 aliphatic rings. The van der Waals surface area contributed by atoms with Crippen LogP contribution in [0, 0.1) is 13.8 Å². The summed E-state index contributed by atoms with van der Waals surface area (Å²) in [5, 5.41) is 12.8. The van der Waals surface area contributed by atoms with Crippen LogP contribution in [-0.4, -0.2) is 27.8 Å². The fourth-order valence-electron chi connectivity index (χ4n) is 2.84. The van der Waals surface area contributed by atoms with Gasteiger partial charge in [0.1, 0.15) is 5.60 Å². The number of aromatic nitrogens is 2. The molecule has 144 valence electrons. The summed E-state index contributed by atoms with van der Waals surface area (Å²) in [6, 6.07) is 5.09. The molecule has 3 N–H and O–H groups in total. The Kier molecular flexibility index (Phi) is 4.95. The number of aromatic amines is 1. The smallest absolute Gasteiger partial charge is 0.412 e. The molecule has 1 heterocycles. The second kappa shape index (κ2) is 7.06. The van der Waals surface area contributed by atoms with E-state index >= 15 is 0 Å². The molecule has 0 bridgehead atoms. The van der Waals surface area contributed by atoms with Gasteiger partial charge in [-0.15, -0.1) is 0 Å². The highest BCUT2D eigenvalue weighted by molar-refractivity contribution is 6.04. The standard InChI is InChI=1S/C20H26N4O3/c1-11-10-14(8-9-15(11)21-19(26)27-20(3,4)5)18(25)22-17-12(2)16(23-24-17)13-6-7-13/h8-10,13H,6-7H2,1-5H3,(H,21,26)(H2,22,23,24,25). The second-order valence-electron chi connectivity index (χ2n) is 8.00. The number of carbonyl (C=O) groups is 2. The van der Waals surface area contributed by atoms with Gasteiger partial charge in [-0.3, -0.25) is 15.2 Å². The van der Waals surface area contributed by atoms with Crippen LogP contribution in [0.4, 0.5) is 16.3 Å². The first kappa shape index (κ1) is 18.9. The fraction of sp³-hybridized carbons (Fsp3) is 0.450. The molecule has 0 saturated heterocycles. The second-order valence-corrected chi connectivity index (χ2v) is 8.00. The van der Waals surface area contributed by atoms with Crippen molar-refractivity contribution in [3.8, 4) is 0 Å². The lowest BCUT2D eigenvalue weighted by Gasteiger charge is -2.20. The Morgan fingerprint density at radius 1 is 1.19 bits per heavy atom. The zero-order chi connectivity index (χ0) is 19.8. The van der Waals surface area contributed by atoms with Gasteiger partial charge in [0, 0.05) is 28.4 Å². The van der Waals surface area contributed by atoms with Crippen LogP contribution in [0.5, 0.6) is 0 Å². The van der Waals surface area contributed by atoms with E-state index in [1.54, 1.807) is 39.0 Å². The van der Waals surface area contributed by atoms with Crippen LogP contribution < -0.4 is 10.6 Å². The van der Waals surface area contributed by atoms with E-state index in [2.05, 4.69) is 20.8 Å². The molecule has 27 heavy (non-hydrogen) atoms. The minimum absolute atomic E-state index is 0.237. The number of H-pyrrole nitrogens is 1. The lowest BCUT2D eigenvalue weighted by molar-refractivity contribution is 0.0635. The van der Waals surface area contributed by atoms with Crippen LogP contribution in [0.2, 0.25) is 0 Å². The summed E-state index contributed by atoms with van der Waals surface area (Å²) in [7, 11) is 0. The molecule has 0 unspecified atom stereocenters. The van der Waals surface area contributed by atoms with Gasteiger partial charge in [-0.1, -0.05) is 0 Å². The maximum absolute atomic E-state index is 12.6. The number of nitrogens with zero attached hydrogens (tertiary/aromatic N) is 1. The first-order valence-corrected chi connectivity index (χ1v) is 9.11. The number of hydrogen-bond acceptors (Lipinski definition) is 4. The Morgan fingerprint density at radius 2 is 1.89 bits per heavy atom. The Labute approximate surface area is 158 Å². The summed E-state index contributed by atoms with van der Waals surface area (Å²) < 4.78 is 5.25. The third kappa shape index (κ3) is 4.67. The van der Waals surface area contributed by atoms with Gasteiger partial charge in [0.25, 0.3) is 5.91 Å². The van der Waals surface area contributed by atoms with Crippen molar-refractivity contribution in [1.82, 2.24) is 10.2 Å². The first-order chi connectivity index (χ1) is 12.6. The summed E-state index contributed by atoms with van der Waals surface area (Å²) in [5.41, 5.74) is 3.40. The molecule has 0 aliphatic heterocycles. The Balaban J connectivity index is 1.67. The van der Waals surface area contributed by atoms with Gasteiger partial charge in [0.05, 0.1) is 0 Å². The normalized spacial score (nSPS) is 14.0. The molecule has 1 fully saturated rings. The lowest BCUT2D eigenvalue weighted by atomic mass is 10.1. The molecule has 2 aromatic rings. The third-order valence-corrected chi connectivity index (χ3v) is 4.39. The number of hydrogen-bond donors (Lipinski definition) is 3. The van der Waals surface area contributed by atoms with E-state index in [1.807, 2.05) is 13.8 Å². The van der Waals surface area contributed by atoms with Crippen molar-refractivity contribution in [3.05, 3.63) is 40.6 Å². The van der Waals surface area contributed by atoms with Gasteiger partial charge in [-0.05, 0) is 71.2 Å². The molecule has 0 radical (unpaired) electrons. The van der Waals surface area contributed by atoms with Crippen molar-refractivity contribution in [2.24, 2.45) is 0 Å². The first-order valence-electron chi connectivity index (χ1n) is 9.11. The van der Waals surface area contributed by atoms with Crippen LogP contribution in [0.3, 0.4) is 0 Å². The Hall–Kier alpha value is -2.83. The average molecular weight is 370 g/mol. The van der Waals surface area contributed by atoms with Gasteiger partial charge in [0.2, 0.25) is 0 Å². The van der Waals surface area contributed by atoms with Crippen LogP contribution >= 0.6 is 0 Å². The van der Waals surface area contributed by atoms with E-state index in [1.165, 1.54) is 12.8 Å². The molecule has 1 saturated carbocycles. The van der Waals surface area contributed by atoms with Crippen LogP contribution in [0.15, 0.2) is 18.2 Å². The number of ether oxygens (including phenoxy) is 1. The molecule has 1 aromatic heterocycles. The highest BCUT2D eigenvalue weighted by Crippen LogP contribution is 2.41. The van der Waals surface area contributed by atoms with E-state index in [0.29, 0.717) is 23.0 Å². The van der Waals surface area contributed by atoms with Crippen molar-refractivity contribution in [1.29, 1.82) is 0 Å². The minimum atomic E-state index is -0.571. The quantitative estimate of drug-likeness (QED) is 0.738. The molecule has 0 atom stereocenters.